The lowest BCUT2D eigenvalue weighted by atomic mass is 10.2. The van der Waals surface area contributed by atoms with E-state index in [-0.39, 0.29) is 6.03 Å². The molecule has 0 heterocycles. The summed E-state index contributed by atoms with van der Waals surface area (Å²) in [6, 6.07) is 5.24. The molecule has 0 radical (unpaired) electrons. The first kappa shape index (κ1) is 10.4. The molecule has 0 unspecified atom stereocenters. The Morgan fingerprint density at radius 2 is 2.07 bits per heavy atom. The van der Waals surface area contributed by atoms with Crippen molar-refractivity contribution in [3.8, 4) is 0 Å². The summed E-state index contributed by atoms with van der Waals surface area (Å²) in [6.45, 7) is 1.90. The maximum absolute atomic E-state index is 11.3. The van der Waals surface area contributed by atoms with Gasteiger partial charge in [0.25, 0.3) is 0 Å². The van der Waals surface area contributed by atoms with Crippen molar-refractivity contribution < 1.29 is 4.79 Å². The van der Waals surface area contributed by atoms with Crippen molar-refractivity contribution in [2.75, 3.05) is 25.1 Å². The highest BCUT2D eigenvalue weighted by molar-refractivity contribution is 5.90. The Morgan fingerprint density at radius 3 is 2.57 bits per heavy atom. The van der Waals surface area contributed by atoms with Gasteiger partial charge >= 0.3 is 6.03 Å². The van der Waals surface area contributed by atoms with E-state index < -0.39 is 0 Å². The Bertz CT molecular complexity index is 347. The quantitative estimate of drug-likeness (QED) is 0.666. The van der Waals surface area contributed by atoms with Crippen LogP contribution in [0.3, 0.4) is 0 Å². The number of anilines is 2. The molecule has 1 aromatic carbocycles. The van der Waals surface area contributed by atoms with Crippen molar-refractivity contribution in [3.05, 3.63) is 23.8 Å². The number of nitrogen functional groups attached to an aromatic ring is 1. The van der Waals surface area contributed by atoms with Crippen LogP contribution in [0.25, 0.3) is 0 Å². The smallest absolute Gasteiger partial charge is 0.321 e. The summed E-state index contributed by atoms with van der Waals surface area (Å²) in [5, 5.41) is 2.77. The number of nitrogens with zero attached hydrogens (tertiary/aromatic N) is 1. The number of hydrogen-bond acceptors (Lipinski definition) is 2. The maximum Gasteiger partial charge on any atom is 0.321 e. The third-order valence-corrected chi connectivity index (χ3v) is 1.90. The van der Waals surface area contributed by atoms with Gasteiger partial charge in [-0.15, -0.1) is 0 Å². The molecular weight excluding hydrogens is 178 g/mol. The molecule has 14 heavy (non-hydrogen) atoms. The third kappa shape index (κ3) is 2.39. The van der Waals surface area contributed by atoms with E-state index in [1.165, 1.54) is 4.90 Å². The van der Waals surface area contributed by atoms with Crippen LogP contribution in [0.15, 0.2) is 18.2 Å². The highest BCUT2D eigenvalue weighted by Crippen LogP contribution is 2.17. The predicted molar refractivity (Wildman–Crippen MR) is 58.3 cm³/mol. The standard InChI is InChI=1S/C10H15N3O/c1-7-6-8(11)4-5-9(7)12-10(14)13(2)3/h4-6H,11H2,1-3H3,(H,12,14). The van der Waals surface area contributed by atoms with Crippen molar-refractivity contribution >= 4 is 17.4 Å². The lowest BCUT2D eigenvalue weighted by Crippen LogP contribution is -2.27. The minimum atomic E-state index is -0.141. The number of carbonyl (C=O) groups is 1. The van der Waals surface area contributed by atoms with Gasteiger partial charge in [-0.25, -0.2) is 4.79 Å². The fourth-order valence-corrected chi connectivity index (χ4v) is 1.05. The lowest BCUT2D eigenvalue weighted by molar-refractivity contribution is 0.230. The van der Waals surface area contributed by atoms with E-state index in [1.807, 2.05) is 13.0 Å². The van der Waals surface area contributed by atoms with Crippen molar-refractivity contribution in [1.82, 2.24) is 4.90 Å². The van der Waals surface area contributed by atoms with E-state index in [4.69, 9.17) is 5.73 Å². The predicted octanol–water partition coefficient (Wildman–Crippen LogP) is 1.67. The second-order valence-corrected chi connectivity index (χ2v) is 3.40. The molecule has 3 N–H and O–H groups in total. The Labute approximate surface area is 83.7 Å². The van der Waals surface area contributed by atoms with Gasteiger partial charge in [-0.05, 0) is 30.7 Å². The lowest BCUT2D eigenvalue weighted by Gasteiger charge is -2.13. The monoisotopic (exact) mass is 193 g/mol. The fourth-order valence-electron chi connectivity index (χ4n) is 1.05. The van der Waals surface area contributed by atoms with E-state index >= 15 is 0 Å². The largest absolute Gasteiger partial charge is 0.399 e. The van der Waals surface area contributed by atoms with Crippen LogP contribution in [-0.2, 0) is 0 Å². The van der Waals surface area contributed by atoms with Gasteiger partial charge in [0.2, 0.25) is 0 Å². The van der Waals surface area contributed by atoms with E-state index in [9.17, 15) is 4.79 Å². The number of carbonyl (C=O) groups excluding carboxylic acids is 1. The first-order valence-electron chi connectivity index (χ1n) is 4.35. The van der Waals surface area contributed by atoms with Gasteiger partial charge in [0.15, 0.2) is 0 Å². The summed E-state index contributed by atoms with van der Waals surface area (Å²) in [5.74, 6) is 0. The molecule has 0 saturated carbocycles. The average Bonchev–Trinajstić information content (AvgIpc) is 2.09. The van der Waals surface area contributed by atoms with Gasteiger partial charge in [0, 0.05) is 25.5 Å². The molecule has 0 fully saturated rings. The highest BCUT2D eigenvalue weighted by atomic mass is 16.2. The van der Waals surface area contributed by atoms with Gasteiger partial charge in [0.1, 0.15) is 0 Å². The number of benzene rings is 1. The molecule has 0 bridgehead atoms. The topological polar surface area (TPSA) is 58.4 Å². The van der Waals surface area contributed by atoms with E-state index in [0.717, 1.165) is 11.3 Å². The van der Waals surface area contributed by atoms with Crippen molar-refractivity contribution in [2.24, 2.45) is 0 Å². The van der Waals surface area contributed by atoms with Gasteiger partial charge in [-0.1, -0.05) is 0 Å². The summed E-state index contributed by atoms with van der Waals surface area (Å²) in [4.78, 5) is 12.8. The van der Waals surface area contributed by atoms with Crippen LogP contribution in [0.4, 0.5) is 16.2 Å². The maximum atomic E-state index is 11.3. The molecule has 0 saturated heterocycles. The van der Waals surface area contributed by atoms with Crippen molar-refractivity contribution in [3.63, 3.8) is 0 Å². The first-order chi connectivity index (χ1) is 6.50. The Kier molecular flexibility index (Phi) is 2.96. The molecule has 0 aliphatic heterocycles. The van der Waals surface area contributed by atoms with Crippen LogP contribution in [0.1, 0.15) is 5.56 Å². The molecule has 1 rings (SSSR count). The molecule has 4 nitrogen and oxygen atoms in total. The molecule has 0 atom stereocenters. The summed E-state index contributed by atoms with van der Waals surface area (Å²) < 4.78 is 0. The number of nitrogens with two attached hydrogens (primary N) is 1. The number of amides is 2. The van der Waals surface area contributed by atoms with E-state index in [1.54, 1.807) is 26.2 Å². The summed E-state index contributed by atoms with van der Waals surface area (Å²) >= 11 is 0. The van der Waals surface area contributed by atoms with Crippen LogP contribution in [0.2, 0.25) is 0 Å². The van der Waals surface area contributed by atoms with Crippen LogP contribution in [0.5, 0.6) is 0 Å². The normalized spacial score (nSPS) is 9.64. The van der Waals surface area contributed by atoms with Gasteiger partial charge < -0.3 is 16.0 Å². The number of nitrogens with one attached hydrogen (secondary N) is 1. The second kappa shape index (κ2) is 4.00. The van der Waals surface area contributed by atoms with Gasteiger partial charge in [-0.3, -0.25) is 0 Å². The molecule has 0 aliphatic rings. The van der Waals surface area contributed by atoms with Crippen LogP contribution in [0, 0.1) is 6.92 Å². The summed E-state index contributed by atoms with van der Waals surface area (Å²) in [7, 11) is 3.39. The van der Waals surface area contributed by atoms with Crippen LogP contribution >= 0.6 is 0 Å². The van der Waals surface area contributed by atoms with Crippen molar-refractivity contribution in [1.29, 1.82) is 0 Å². The Morgan fingerprint density at radius 1 is 1.43 bits per heavy atom. The Balaban J connectivity index is 2.82. The second-order valence-electron chi connectivity index (χ2n) is 3.40. The van der Waals surface area contributed by atoms with E-state index in [0.29, 0.717) is 5.69 Å². The van der Waals surface area contributed by atoms with E-state index in [2.05, 4.69) is 5.32 Å². The number of hydrogen-bond donors (Lipinski definition) is 2. The number of urea groups is 1. The highest BCUT2D eigenvalue weighted by Gasteiger charge is 2.05. The number of aryl methyl sites for hydroxylation is 1. The molecule has 1 aromatic rings. The zero-order chi connectivity index (χ0) is 10.7. The van der Waals surface area contributed by atoms with Crippen LogP contribution in [-0.4, -0.2) is 25.0 Å². The molecule has 4 heteroatoms. The molecule has 0 aromatic heterocycles. The summed E-state index contributed by atoms with van der Waals surface area (Å²) in [5.41, 5.74) is 8.04. The zero-order valence-electron chi connectivity index (χ0n) is 8.66. The third-order valence-electron chi connectivity index (χ3n) is 1.90. The first-order valence-corrected chi connectivity index (χ1v) is 4.35. The molecular formula is C10H15N3O. The van der Waals surface area contributed by atoms with Gasteiger partial charge in [0.05, 0.1) is 0 Å². The molecule has 76 valence electrons. The van der Waals surface area contributed by atoms with Crippen LogP contribution < -0.4 is 11.1 Å². The molecule has 0 aliphatic carbocycles. The zero-order valence-corrected chi connectivity index (χ0v) is 8.66. The van der Waals surface area contributed by atoms with Crippen molar-refractivity contribution in [2.45, 2.75) is 6.92 Å². The Hall–Kier alpha value is -1.71. The number of rotatable bonds is 1. The summed E-state index contributed by atoms with van der Waals surface area (Å²) in [6.07, 6.45) is 0. The molecule has 0 spiro atoms. The van der Waals surface area contributed by atoms with Gasteiger partial charge in [-0.2, -0.15) is 0 Å². The average molecular weight is 193 g/mol. The SMILES string of the molecule is Cc1cc(N)ccc1NC(=O)N(C)C. The minimum absolute atomic E-state index is 0.141. The molecule has 2 amide bonds. The minimum Gasteiger partial charge on any atom is -0.399 e. The fraction of sp³-hybridized carbons (Fsp3) is 0.300.